The second-order valence-electron chi connectivity index (χ2n) is 6.55. The van der Waals surface area contributed by atoms with Crippen LogP contribution in [0, 0.1) is 5.92 Å². The molecular formula is C19H25N3O3. The molecular weight excluding hydrogens is 318 g/mol. The third-order valence-corrected chi connectivity index (χ3v) is 4.49. The molecule has 1 fully saturated rings. The lowest BCUT2D eigenvalue weighted by molar-refractivity contribution is 0.170. The van der Waals surface area contributed by atoms with E-state index in [1.807, 2.05) is 29.2 Å². The summed E-state index contributed by atoms with van der Waals surface area (Å²) in [5.74, 6) is 1.96. The van der Waals surface area contributed by atoms with Gasteiger partial charge in [0.05, 0.1) is 12.8 Å². The smallest absolute Gasteiger partial charge is 0.317 e. The predicted molar refractivity (Wildman–Crippen MR) is 95.6 cm³/mol. The molecule has 0 saturated carbocycles. The maximum absolute atomic E-state index is 12.2. The number of nitrogens with zero attached hydrogens (tertiary/aromatic N) is 2. The van der Waals surface area contributed by atoms with E-state index in [0.29, 0.717) is 24.8 Å². The molecule has 0 aliphatic carbocycles. The van der Waals surface area contributed by atoms with E-state index < -0.39 is 0 Å². The third kappa shape index (κ3) is 4.53. The monoisotopic (exact) mass is 343 g/mol. The number of carbonyl (C=O) groups is 1. The summed E-state index contributed by atoms with van der Waals surface area (Å²) in [5.41, 5.74) is 1.73. The highest BCUT2D eigenvalue weighted by molar-refractivity contribution is 5.74. The van der Waals surface area contributed by atoms with Gasteiger partial charge in [-0.05, 0) is 43.0 Å². The Morgan fingerprint density at radius 3 is 2.92 bits per heavy atom. The molecule has 0 radical (unpaired) electrons. The Morgan fingerprint density at radius 2 is 2.20 bits per heavy atom. The fraction of sp³-hybridized carbons (Fsp3) is 0.474. The van der Waals surface area contributed by atoms with Crippen LogP contribution in [0.25, 0.3) is 11.5 Å². The molecule has 6 nitrogen and oxygen atoms in total. The number of oxazole rings is 1. The van der Waals surface area contributed by atoms with Gasteiger partial charge in [0, 0.05) is 31.6 Å². The lowest BCUT2D eigenvalue weighted by Crippen LogP contribution is -2.45. The van der Waals surface area contributed by atoms with Crippen molar-refractivity contribution in [3.8, 4) is 17.2 Å². The molecule has 1 aliphatic heterocycles. The van der Waals surface area contributed by atoms with Crippen molar-refractivity contribution in [2.45, 2.75) is 26.2 Å². The predicted octanol–water partition coefficient (Wildman–Crippen LogP) is 3.33. The lowest BCUT2D eigenvalue weighted by atomic mass is 10.0. The Balaban J connectivity index is 1.49. The van der Waals surface area contributed by atoms with E-state index in [1.54, 1.807) is 13.4 Å². The second-order valence-corrected chi connectivity index (χ2v) is 6.55. The molecule has 0 spiro atoms. The molecule has 1 aromatic carbocycles. The van der Waals surface area contributed by atoms with Crippen molar-refractivity contribution in [2.75, 3.05) is 26.7 Å². The van der Waals surface area contributed by atoms with Gasteiger partial charge in [0.2, 0.25) is 5.89 Å². The number of likely N-dealkylation sites (tertiary alicyclic amines) is 1. The topological polar surface area (TPSA) is 67.6 Å². The zero-order valence-electron chi connectivity index (χ0n) is 14.8. The first-order valence-electron chi connectivity index (χ1n) is 8.77. The molecule has 1 atom stereocenters. The summed E-state index contributed by atoms with van der Waals surface area (Å²) in [6.07, 6.45) is 4.59. The first-order valence-corrected chi connectivity index (χ1v) is 8.77. The summed E-state index contributed by atoms with van der Waals surface area (Å²) in [5, 5.41) is 2.97. The molecule has 6 heteroatoms. The Kier molecular flexibility index (Phi) is 5.58. The van der Waals surface area contributed by atoms with E-state index in [9.17, 15) is 4.79 Å². The first kappa shape index (κ1) is 17.3. The summed E-state index contributed by atoms with van der Waals surface area (Å²) < 4.78 is 10.7. The van der Waals surface area contributed by atoms with E-state index in [0.717, 1.165) is 36.5 Å². The fourth-order valence-electron chi connectivity index (χ4n) is 3.07. The fourth-order valence-corrected chi connectivity index (χ4v) is 3.07. The van der Waals surface area contributed by atoms with Gasteiger partial charge >= 0.3 is 6.03 Å². The van der Waals surface area contributed by atoms with E-state index in [4.69, 9.17) is 9.15 Å². The van der Waals surface area contributed by atoms with Crippen LogP contribution in [0.5, 0.6) is 5.75 Å². The van der Waals surface area contributed by atoms with Gasteiger partial charge in [0.25, 0.3) is 0 Å². The van der Waals surface area contributed by atoms with Crippen LogP contribution >= 0.6 is 0 Å². The molecule has 1 aliphatic rings. The van der Waals surface area contributed by atoms with Crippen LogP contribution in [0.2, 0.25) is 0 Å². The molecule has 25 heavy (non-hydrogen) atoms. The Labute approximate surface area is 148 Å². The standard InChI is InChI=1S/C19H25N3O3/c1-14-4-3-11-22(12-14)19(23)20-10-9-16-13-25-18(21-16)15-5-7-17(24-2)8-6-15/h5-8,13-14H,3-4,9-12H2,1-2H3,(H,20,23). The van der Waals surface area contributed by atoms with E-state index >= 15 is 0 Å². The van der Waals surface area contributed by atoms with Crippen LogP contribution in [0.3, 0.4) is 0 Å². The highest BCUT2D eigenvalue weighted by Crippen LogP contribution is 2.21. The highest BCUT2D eigenvalue weighted by Gasteiger charge is 2.20. The van der Waals surface area contributed by atoms with Gasteiger partial charge in [0.1, 0.15) is 12.0 Å². The summed E-state index contributed by atoms with van der Waals surface area (Å²) in [6.45, 7) is 4.44. The number of amides is 2. The second kappa shape index (κ2) is 8.05. The van der Waals surface area contributed by atoms with Crippen LogP contribution < -0.4 is 10.1 Å². The number of aromatic nitrogens is 1. The zero-order valence-corrected chi connectivity index (χ0v) is 14.8. The molecule has 1 N–H and O–H groups in total. The van der Waals surface area contributed by atoms with Crippen molar-refractivity contribution in [2.24, 2.45) is 5.92 Å². The summed E-state index contributed by atoms with van der Waals surface area (Å²) in [7, 11) is 1.64. The Hall–Kier alpha value is -2.50. The van der Waals surface area contributed by atoms with Gasteiger partial charge < -0.3 is 19.4 Å². The van der Waals surface area contributed by atoms with Crippen molar-refractivity contribution >= 4 is 6.03 Å². The molecule has 2 amide bonds. The van der Waals surface area contributed by atoms with E-state index in [-0.39, 0.29) is 6.03 Å². The number of hydrogen-bond acceptors (Lipinski definition) is 4. The largest absolute Gasteiger partial charge is 0.497 e. The summed E-state index contributed by atoms with van der Waals surface area (Å²) >= 11 is 0. The van der Waals surface area contributed by atoms with Gasteiger partial charge in [-0.2, -0.15) is 0 Å². The van der Waals surface area contributed by atoms with Gasteiger partial charge in [-0.1, -0.05) is 6.92 Å². The van der Waals surface area contributed by atoms with Crippen molar-refractivity contribution in [3.05, 3.63) is 36.2 Å². The lowest BCUT2D eigenvalue weighted by Gasteiger charge is -2.30. The van der Waals surface area contributed by atoms with Crippen molar-refractivity contribution in [1.82, 2.24) is 15.2 Å². The molecule has 1 saturated heterocycles. The average Bonchev–Trinajstić information content (AvgIpc) is 3.10. The number of methoxy groups -OCH3 is 1. The number of nitrogens with one attached hydrogen (secondary N) is 1. The van der Waals surface area contributed by atoms with E-state index in [1.165, 1.54) is 6.42 Å². The molecule has 1 aromatic heterocycles. The number of urea groups is 1. The molecule has 134 valence electrons. The average molecular weight is 343 g/mol. The van der Waals surface area contributed by atoms with Crippen molar-refractivity contribution in [1.29, 1.82) is 0 Å². The Morgan fingerprint density at radius 1 is 1.40 bits per heavy atom. The Bertz CT molecular complexity index is 696. The summed E-state index contributed by atoms with van der Waals surface area (Å²) in [4.78, 5) is 18.6. The van der Waals surface area contributed by atoms with Crippen molar-refractivity contribution in [3.63, 3.8) is 0 Å². The number of rotatable bonds is 5. The van der Waals surface area contributed by atoms with Gasteiger partial charge in [-0.3, -0.25) is 0 Å². The van der Waals surface area contributed by atoms with Crippen LogP contribution in [0.15, 0.2) is 34.9 Å². The maximum Gasteiger partial charge on any atom is 0.317 e. The van der Waals surface area contributed by atoms with Gasteiger partial charge in [-0.25, -0.2) is 9.78 Å². The first-order chi connectivity index (χ1) is 12.2. The number of hydrogen-bond donors (Lipinski definition) is 1. The number of piperidine rings is 1. The quantitative estimate of drug-likeness (QED) is 0.904. The molecule has 2 heterocycles. The van der Waals surface area contributed by atoms with Crippen LogP contribution in [-0.2, 0) is 6.42 Å². The molecule has 1 unspecified atom stereocenters. The van der Waals surface area contributed by atoms with Gasteiger partial charge in [-0.15, -0.1) is 0 Å². The maximum atomic E-state index is 12.2. The molecule has 0 bridgehead atoms. The third-order valence-electron chi connectivity index (χ3n) is 4.49. The molecule has 3 rings (SSSR count). The highest BCUT2D eigenvalue weighted by atomic mass is 16.5. The minimum Gasteiger partial charge on any atom is -0.497 e. The minimum atomic E-state index is 0.0189. The van der Waals surface area contributed by atoms with Gasteiger partial charge in [0.15, 0.2) is 0 Å². The number of benzene rings is 1. The zero-order chi connectivity index (χ0) is 17.6. The van der Waals surface area contributed by atoms with Crippen LogP contribution in [0.4, 0.5) is 4.79 Å². The number of carbonyl (C=O) groups excluding carboxylic acids is 1. The SMILES string of the molecule is COc1ccc(-c2nc(CCNC(=O)N3CCCC(C)C3)co2)cc1. The van der Waals surface area contributed by atoms with Crippen molar-refractivity contribution < 1.29 is 13.9 Å². The molecule has 2 aromatic rings. The summed E-state index contributed by atoms with van der Waals surface area (Å²) in [6, 6.07) is 7.59. The van der Waals surface area contributed by atoms with Crippen LogP contribution in [-0.4, -0.2) is 42.7 Å². The van der Waals surface area contributed by atoms with E-state index in [2.05, 4.69) is 17.2 Å². The minimum absolute atomic E-state index is 0.0189. The number of ether oxygens (including phenoxy) is 1. The normalized spacial score (nSPS) is 17.4. The van der Waals surface area contributed by atoms with Crippen LogP contribution in [0.1, 0.15) is 25.5 Å².